The van der Waals surface area contributed by atoms with Crippen LogP contribution in [0.2, 0.25) is 0 Å². The van der Waals surface area contributed by atoms with Gasteiger partial charge < -0.3 is 15.6 Å². The first-order valence-corrected chi connectivity index (χ1v) is 5.08. The number of hydrogen-bond acceptors (Lipinski definition) is 3. The fraction of sp³-hybridized carbons (Fsp3) is 0.364. The molecule has 1 atom stereocenters. The smallest absolute Gasteiger partial charge is 0.141 e. The van der Waals surface area contributed by atoms with Gasteiger partial charge in [-0.25, -0.2) is 4.98 Å². The highest BCUT2D eigenvalue weighted by Gasteiger charge is 2.04. The summed E-state index contributed by atoms with van der Waals surface area (Å²) in [6.07, 6.45) is 3.82. The van der Waals surface area contributed by atoms with Gasteiger partial charge in [0.2, 0.25) is 0 Å². The SMILES string of the molecule is CC(N)CNc1ccnc2c1ccn2C. The van der Waals surface area contributed by atoms with Crippen LogP contribution in [0.3, 0.4) is 0 Å². The van der Waals surface area contributed by atoms with Crippen LogP contribution in [-0.4, -0.2) is 22.1 Å². The van der Waals surface area contributed by atoms with E-state index in [1.165, 1.54) is 0 Å². The Kier molecular flexibility index (Phi) is 2.60. The molecule has 2 aromatic heterocycles. The first kappa shape index (κ1) is 9.98. The molecule has 3 N–H and O–H groups in total. The summed E-state index contributed by atoms with van der Waals surface area (Å²) in [5, 5.41) is 4.46. The fourth-order valence-electron chi connectivity index (χ4n) is 1.59. The summed E-state index contributed by atoms with van der Waals surface area (Å²) < 4.78 is 2.01. The Labute approximate surface area is 89.1 Å². The number of aryl methyl sites for hydroxylation is 1. The molecule has 4 heteroatoms. The van der Waals surface area contributed by atoms with Gasteiger partial charge in [-0.3, -0.25) is 0 Å². The summed E-state index contributed by atoms with van der Waals surface area (Å²) in [4.78, 5) is 4.32. The molecule has 80 valence electrons. The monoisotopic (exact) mass is 204 g/mol. The molecule has 0 saturated carbocycles. The van der Waals surface area contributed by atoms with Crippen molar-refractivity contribution in [3.8, 4) is 0 Å². The largest absolute Gasteiger partial charge is 0.383 e. The average Bonchev–Trinajstić information content (AvgIpc) is 2.58. The van der Waals surface area contributed by atoms with Gasteiger partial charge in [0.1, 0.15) is 5.65 Å². The van der Waals surface area contributed by atoms with E-state index in [4.69, 9.17) is 5.73 Å². The molecule has 0 fully saturated rings. The molecule has 0 aliphatic rings. The maximum Gasteiger partial charge on any atom is 0.141 e. The normalized spacial score (nSPS) is 13.0. The van der Waals surface area contributed by atoms with Crippen LogP contribution in [0.15, 0.2) is 24.5 Å². The molecule has 0 saturated heterocycles. The number of anilines is 1. The minimum absolute atomic E-state index is 0.150. The standard InChI is InChI=1S/C11H16N4/c1-8(12)7-14-10-3-5-13-11-9(10)4-6-15(11)2/h3-6,8H,7,12H2,1-2H3,(H,13,14). The highest BCUT2D eigenvalue weighted by atomic mass is 15.0. The van der Waals surface area contributed by atoms with Crippen molar-refractivity contribution in [3.05, 3.63) is 24.5 Å². The van der Waals surface area contributed by atoms with Gasteiger partial charge in [0.25, 0.3) is 0 Å². The summed E-state index contributed by atoms with van der Waals surface area (Å²) in [5.74, 6) is 0. The number of nitrogens with one attached hydrogen (secondary N) is 1. The van der Waals surface area contributed by atoms with Crippen molar-refractivity contribution in [2.75, 3.05) is 11.9 Å². The molecule has 0 aliphatic carbocycles. The number of nitrogens with two attached hydrogens (primary N) is 1. The fourth-order valence-corrected chi connectivity index (χ4v) is 1.59. The molecular weight excluding hydrogens is 188 g/mol. The molecule has 0 aromatic carbocycles. The molecule has 0 aliphatic heterocycles. The third-order valence-corrected chi connectivity index (χ3v) is 2.38. The number of aromatic nitrogens is 2. The van der Waals surface area contributed by atoms with Crippen molar-refractivity contribution in [2.24, 2.45) is 12.8 Å². The maximum absolute atomic E-state index is 5.71. The van der Waals surface area contributed by atoms with Crippen LogP contribution >= 0.6 is 0 Å². The van der Waals surface area contributed by atoms with E-state index in [0.29, 0.717) is 0 Å². The second-order valence-electron chi connectivity index (χ2n) is 3.88. The van der Waals surface area contributed by atoms with E-state index in [1.807, 2.05) is 37.0 Å². The van der Waals surface area contributed by atoms with Gasteiger partial charge in [-0.05, 0) is 19.1 Å². The second-order valence-corrected chi connectivity index (χ2v) is 3.88. The molecular formula is C11H16N4. The minimum Gasteiger partial charge on any atom is -0.383 e. The first-order chi connectivity index (χ1) is 7.18. The minimum atomic E-state index is 0.150. The highest BCUT2D eigenvalue weighted by Crippen LogP contribution is 2.21. The summed E-state index contributed by atoms with van der Waals surface area (Å²) in [6.45, 7) is 2.75. The molecule has 1 unspecified atom stereocenters. The number of pyridine rings is 1. The van der Waals surface area contributed by atoms with Crippen LogP contribution in [0.5, 0.6) is 0 Å². The van der Waals surface area contributed by atoms with Crippen molar-refractivity contribution in [1.82, 2.24) is 9.55 Å². The Morgan fingerprint density at radius 3 is 3.07 bits per heavy atom. The number of rotatable bonds is 3. The zero-order chi connectivity index (χ0) is 10.8. The van der Waals surface area contributed by atoms with Crippen molar-refractivity contribution in [1.29, 1.82) is 0 Å². The van der Waals surface area contributed by atoms with Gasteiger partial charge in [0, 0.05) is 43.1 Å². The van der Waals surface area contributed by atoms with E-state index in [0.717, 1.165) is 23.3 Å². The van der Waals surface area contributed by atoms with Crippen LogP contribution in [0.4, 0.5) is 5.69 Å². The van der Waals surface area contributed by atoms with Crippen LogP contribution in [0.1, 0.15) is 6.92 Å². The van der Waals surface area contributed by atoms with Gasteiger partial charge in [-0.2, -0.15) is 0 Å². The van der Waals surface area contributed by atoms with E-state index in [1.54, 1.807) is 0 Å². The van der Waals surface area contributed by atoms with Crippen LogP contribution in [0.25, 0.3) is 11.0 Å². The molecule has 2 heterocycles. The molecule has 0 amide bonds. The van der Waals surface area contributed by atoms with E-state index in [9.17, 15) is 0 Å². The van der Waals surface area contributed by atoms with Crippen LogP contribution in [-0.2, 0) is 7.05 Å². The number of hydrogen-bond donors (Lipinski definition) is 2. The number of fused-ring (bicyclic) bond motifs is 1. The van der Waals surface area contributed by atoms with Crippen molar-refractivity contribution >= 4 is 16.7 Å². The third kappa shape index (κ3) is 1.94. The van der Waals surface area contributed by atoms with Gasteiger partial charge in [-0.15, -0.1) is 0 Å². The van der Waals surface area contributed by atoms with E-state index >= 15 is 0 Å². The number of nitrogens with zero attached hydrogens (tertiary/aromatic N) is 2. The third-order valence-electron chi connectivity index (χ3n) is 2.38. The topological polar surface area (TPSA) is 55.9 Å². The summed E-state index contributed by atoms with van der Waals surface area (Å²) in [7, 11) is 1.99. The Bertz CT molecular complexity index is 459. The predicted octanol–water partition coefficient (Wildman–Crippen LogP) is 1.33. The molecule has 0 radical (unpaired) electrons. The molecule has 2 aromatic rings. The van der Waals surface area contributed by atoms with Crippen molar-refractivity contribution in [2.45, 2.75) is 13.0 Å². The quantitative estimate of drug-likeness (QED) is 0.793. The Morgan fingerprint density at radius 2 is 2.33 bits per heavy atom. The summed E-state index contributed by atoms with van der Waals surface area (Å²) in [6, 6.07) is 4.19. The Balaban J connectivity index is 2.34. The maximum atomic E-state index is 5.71. The van der Waals surface area contributed by atoms with E-state index < -0.39 is 0 Å². The van der Waals surface area contributed by atoms with Gasteiger partial charge in [-0.1, -0.05) is 0 Å². The van der Waals surface area contributed by atoms with Gasteiger partial charge in [0.15, 0.2) is 0 Å². The summed E-state index contributed by atoms with van der Waals surface area (Å²) >= 11 is 0. The van der Waals surface area contributed by atoms with Gasteiger partial charge in [0.05, 0.1) is 0 Å². The second kappa shape index (κ2) is 3.90. The highest BCUT2D eigenvalue weighted by molar-refractivity contribution is 5.89. The van der Waals surface area contributed by atoms with Gasteiger partial charge >= 0.3 is 0 Å². The Hall–Kier alpha value is -1.55. The van der Waals surface area contributed by atoms with E-state index in [-0.39, 0.29) is 6.04 Å². The van der Waals surface area contributed by atoms with Crippen LogP contribution in [0, 0.1) is 0 Å². The average molecular weight is 204 g/mol. The first-order valence-electron chi connectivity index (χ1n) is 5.08. The molecule has 2 rings (SSSR count). The Morgan fingerprint density at radius 1 is 1.53 bits per heavy atom. The molecule has 4 nitrogen and oxygen atoms in total. The lowest BCUT2D eigenvalue weighted by Crippen LogP contribution is -2.25. The lowest BCUT2D eigenvalue weighted by Gasteiger charge is -2.09. The predicted molar refractivity (Wildman–Crippen MR) is 62.9 cm³/mol. The van der Waals surface area contributed by atoms with E-state index in [2.05, 4.69) is 16.4 Å². The van der Waals surface area contributed by atoms with Crippen LogP contribution < -0.4 is 11.1 Å². The van der Waals surface area contributed by atoms with Crippen molar-refractivity contribution in [3.63, 3.8) is 0 Å². The lowest BCUT2D eigenvalue weighted by atomic mass is 10.2. The zero-order valence-corrected chi connectivity index (χ0v) is 9.07. The summed E-state index contributed by atoms with van der Waals surface area (Å²) in [5.41, 5.74) is 7.79. The van der Waals surface area contributed by atoms with Crippen molar-refractivity contribution < 1.29 is 0 Å². The molecule has 0 spiro atoms. The zero-order valence-electron chi connectivity index (χ0n) is 9.07. The molecule has 15 heavy (non-hydrogen) atoms. The molecule has 0 bridgehead atoms. The lowest BCUT2D eigenvalue weighted by molar-refractivity contribution is 0.780.